The Labute approximate surface area is 434 Å². The first-order valence-electron chi connectivity index (χ1n) is 29.8. The number of phosphoric acid groups is 1. The molecule has 2 N–H and O–H groups in total. The zero-order valence-corrected chi connectivity index (χ0v) is 47.9. The first-order valence-corrected chi connectivity index (χ1v) is 31.3. The minimum absolute atomic E-state index is 0.0386. The number of likely N-dealkylation sites (N-methyl/N-ethyl adjacent to an activating group) is 1. The summed E-state index contributed by atoms with van der Waals surface area (Å²) in [7, 11) is 1.49. The average Bonchev–Trinajstić information content (AvgIpc) is 3.32. The van der Waals surface area contributed by atoms with Gasteiger partial charge < -0.3 is 19.4 Å². The van der Waals surface area contributed by atoms with Crippen molar-refractivity contribution in [2.75, 3.05) is 40.9 Å². The Morgan fingerprint density at radius 2 is 0.829 bits per heavy atom. The lowest BCUT2D eigenvalue weighted by atomic mass is 10.0. The minimum atomic E-state index is -4.45. The molecule has 0 radical (unpaired) electrons. The van der Waals surface area contributed by atoms with Crippen LogP contribution < -0.4 is 5.32 Å². The smallest absolute Gasteiger partial charge is 0.456 e. The number of esters is 1. The van der Waals surface area contributed by atoms with Crippen LogP contribution in [0.2, 0.25) is 0 Å². The Kier molecular flexibility index (Phi) is 49.5. The highest BCUT2D eigenvalue weighted by atomic mass is 31.2. The van der Waals surface area contributed by atoms with Crippen molar-refractivity contribution in [3.8, 4) is 0 Å². The van der Waals surface area contributed by atoms with Gasteiger partial charge in [-0.15, -0.1) is 0 Å². The van der Waals surface area contributed by atoms with E-state index in [-0.39, 0.29) is 31.5 Å². The van der Waals surface area contributed by atoms with Gasteiger partial charge in [-0.3, -0.25) is 18.6 Å². The van der Waals surface area contributed by atoms with Crippen molar-refractivity contribution < 1.29 is 37.3 Å². The maximum atomic E-state index is 13.5. The third-order valence-corrected chi connectivity index (χ3v) is 14.3. The lowest BCUT2D eigenvalue weighted by Crippen LogP contribution is -2.47. The van der Waals surface area contributed by atoms with E-state index in [0.717, 1.165) is 83.5 Å². The first kappa shape index (κ1) is 68.2. The zero-order chi connectivity index (χ0) is 51.5. The van der Waals surface area contributed by atoms with Gasteiger partial charge in [-0.05, 0) is 83.1 Å². The summed E-state index contributed by atoms with van der Waals surface area (Å²) in [6, 6.07) is -0.853. The summed E-state index contributed by atoms with van der Waals surface area (Å²) in [6.07, 6.45) is 59.9. The van der Waals surface area contributed by atoms with Crippen LogP contribution in [0.5, 0.6) is 0 Å². The number of phosphoric ester groups is 1. The second-order valence-corrected chi connectivity index (χ2v) is 23.0. The molecule has 0 aliphatic rings. The normalized spacial score (nSPS) is 14.0. The van der Waals surface area contributed by atoms with Gasteiger partial charge in [-0.1, -0.05) is 225 Å². The summed E-state index contributed by atoms with van der Waals surface area (Å²) >= 11 is 0. The number of nitrogens with one attached hydrogen (secondary N) is 1. The van der Waals surface area contributed by atoms with Crippen molar-refractivity contribution in [1.82, 2.24) is 5.32 Å². The van der Waals surface area contributed by atoms with Crippen molar-refractivity contribution in [3.63, 3.8) is 0 Å². The van der Waals surface area contributed by atoms with Crippen molar-refractivity contribution in [3.05, 3.63) is 36.5 Å². The molecule has 0 aromatic rings. The maximum Gasteiger partial charge on any atom is 0.472 e. The quantitative estimate of drug-likeness (QED) is 0.0205. The standard InChI is InChI=1S/C60H115N2O7P/c1-7-10-13-16-19-22-25-28-30-31-32-34-37-40-43-46-49-52-59(63)61-57(56-68-70(65,66)67-55-54-62(4,5)6)58(51-48-45-42-39-36-33-27-24-21-18-15-12-9-3)69-60(64)53-50-47-44-41-38-35-29-26-23-20-17-14-11-8-2/h28,30,35,38,48,51,57-58H,7-27,29,31-34,36-37,39-47,49-50,52-56H2,1-6H3,(H-,61,63,65,66)/p+1/b30-28+,38-35-,51-48+. The fraction of sp³-hybridized carbons (Fsp3) is 0.867. The molecule has 3 unspecified atom stereocenters. The lowest BCUT2D eigenvalue weighted by Gasteiger charge is -2.27. The van der Waals surface area contributed by atoms with Crippen LogP contribution in [0.3, 0.4) is 0 Å². The van der Waals surface area contributed by atoms with Crippen LogP contribution in [0.25, 0.3) is 0 Å². The monoisotopic (exact) mass is 1010 g/mol. The molecule has 9 nitrogen and oxygen atoms in total. The number of hydrogen-bond acceptors (Lipinski definition) is 6. The number of ether oxygens (including phenoxy) is 1. The SMILES string of the molecule is CCCCCCCC/C=C/CCCCCCCCCC(=O)NC(COP(=O)(O)OCC[N+](C)(C)C)C(/C=C/CCCCCCCCCCCCC)OC(=O)CCCCC/C=C\CCCCCCCCC. The van der Waals surface area contributed by atoms with Gasteiger partial charge in [-0.25, -0.2) is 4.57 Å². The number of quaternary nitrogens is 1. The summed E-state index contributed by atoms with van der Waals surface area (Å²) < 4.78 is 30.6. The summed E-state index contributed by atoms with van der Waals surface area (Å²) in [5.41, 5.74) is 0. The van der Waals surface area contributed by atoms with E-state index in [1.165, 1.54) is 167 Å². The van der Waals surface area contributed by atoms with Gasteiger partial charge in [0.15, 0.2) is 0 Å². The summed E-state index contributed by atoms with van der Waals surface area (Å²) in [6.45, 7) is 7.01. The van der Waals surface area contributed by atoms with E-state index in [4.69, 9.17) is 13.8 Å². The van der Waals surface area contributed by atoms with Gasteiger partial charge in [-0.2, -0.15) is 0 Å². The highest BCUT2D eigenvalue weighted by Crippen LogP contribution is 2.43. The fourth-order valence-corrected chi connectivity index (χ4v) is 9.37. The molecule has 0 aromatic carbocycles. The molecule has 0 aliphatic heterocycles. The van der Waals surface area contributed by atoms with Crippen molar-refractivity contribution in [2.45, 2.75) is 296 Å². The van der Waals surface area contributed by atoms with Crippen LogP contribution in [0.4, 0.5) is 0 Å². The molecular formula is C60H116N2O7P+. The van der Waals surface area contributed by atoms with E-state index in [1.807, 2.05) is 33.3 Å². The van der Waals surface area contributed by atoms with E-state index >= 15 is 0 Å². The molecule has 10 heteroatoms. The van der Waals surface area contributed by atoms with Gasteiger partial charge in [0, 0.05) is 12.8 Å². The Balaban J connectivity index is 5.35. The minimum Gasteiger partial charge on any atom is -0.456 e. The third-order valence-electron chi connectivity index (χ3n) is 13.3. The molecule has 0 rings (SSSR count). The van der Waals surface area contributed by atoms with Crippen LogP contribution in [0.15, 0.2) is 36.5 Å². The number of allylic oxidation sites excluding steroid dienone is 5. The number of nitrogens with zero attached hydrogens (tertiary/aromatic N) is 1. The van der Waals surface area contributed by atoms with Gasteiger partial charge >= 0.3 is 13.8 Å². The highest BCUT2D eigenvalue weighted by Gasteiger charge is 2.30. The summed E-state index contributed by atoms with van der Waals surface area (Å²) in [5, 5.41) is 3.05. The Hall–Kier alpha value is -1.77. The average molecular weight is 1010 g/mol. The number of carbonyl (C=O) groups is 2. The molecule has 412 valence electrons. The summed E-state index contributed by atoms with van der Waals surface area (Å²) in [4.78, 5) is 37.6. The number of rotatable bonds is 54. The molecule has 0 bridgehead atoms. The number of amides is 1. The van der Waals surface area contributed by atoms with Gasteiger partial charge in [0.05, 0.1) is 33.8 Å². The second-order valence-electron chi connectivity index (χ2n) is 21.5. The molecule has 0 heterocycles. The van der Waals surface area contributed by atoms with Crippen LogP contribution in [-0.2, 0) is 27.9 Å². The molecule has 0 aromatic heterocycles. The van der Waals surface area contributed by atoms with Gasteiger partial charge in [0.1, 0.15) is 19.3 Å². The van der Waals surface area contributed by atoms with Crippen LogP contribution in [-0.4, -0.2) is 74.3 Å². The van der Waals surface area contributed by atoms with Gasteiger partial charge in [0.2, 0.25) is 5.91 Å². The van der Waals surface area contributed by atoms with Gasteiger partial charge in [0.25, 0.3) is 0 Å². The van der Waals surface area contributed by atoms with Crippen molar-refractivity contribution in [2.24, 2.45) is 0 Å². The molecule has 0 saturated carbocycles. The number of carbonyl (C=O) groups excluding carboxylic acids is 2. The molecule has 70 heavy (non-hydrogen) atoms. The first-order chi connectivity index (χ1) is 33.9. The van der Waals surface area contributed by atoms with Crippen LogP contribution >= 0.6 is 7.82 Å². The summed E-state index contributed by atoms with van der Waals surface area (Å²) in [5.74, 6) is -0.520. The molecule has 0 aliphatic carbocycles. The third kappa shape index (κ3) is 51.1. The maximum absolute atomic E-state index is 13.5. The largest absolute Gasteiger partial charge is 0.472 e. The molecule has 0 saturated heterocycles. The Morgan fingerprint density at radius 1 is 0.486 bits per heavy atom. The Morgan fingerprint density at radius 3 is 1.23 bits per heavy atom. The van der Waals surface area contributed by atoms with Crippen LogP contribution in [0, 0.1) is 0 Å². The molecule has 3 atom stereocenters. The van der Waals surface area contributed by atoms with Crippen molar-refractivity contribution in [1.29, 1.82) is 0 Å². The predicted molar refractivity (Wildman–Crippen MR) is 300 cm³/mol. The molecular weight excluding hydrogens is 892 g/mol. The topological polar surface area (TPSA) is 111 Å². The molecule has 0 spiro atoms. The molecule has 1 amide bonds. The van der Waals surface area contributed by atoms with Crippen molar-refractivity contribution >= 4 is 19.7 Å². The van der Waals surface area contributed by atoms with E-state index in [1.54, 1.807) is 0 Å². The fourth-order valence-electron chi connectivity index (χ4n) is 8.64. The molecule has 0 fully saturated rings. The van der Waals surface area contributed by atoms with E-state index in [0.29, 0.717) is 17.4 Å². The van der Waals surface area contributed by atoms with E-state index in [2.05, 4.69) is 50.4 Å². The Bertz CT molecular complexity index is 1300. The predicted octanol–water partition coefficient (Wildman–Crippen LogP) is 17.9. The van der Waals surface area contributed by atoms with Crippen LogP contribution in [0.1, 0.15) is 284 Å². The highest BCUT2D eigenvalue weighted by molar-refractivity contribution is 7.47. The van der Waals surface area contributed by atoms with E-state index < -0.39 is 20.0 Å². The number of unbranched alkanes of at least 4 members (excludes halogenated alkanes) is 34. The second kappa shape index (κ2) is 50.7. The zero-order valence-electron chi connectivity index (χ0n) is 47.0. The van der Waals surface area contributed by atoms with E-state index in [9.17, 15) is 19.0 Å². The number of hydrogen-bond donors (Lipinski definition) is 2. The lowest BCUT2D eigenvalue weighted by molar-refractivity contribution is -0.870.